The molecule has 5 heteroatoms. The third-order valence-corrected chi connectivity index (χ3v) is 4.14. The highest BCUT2D eigenvalue weighted by Crippen LogP contribution is 2.35. The Balaban J connectivity index is 2.42. The van der Waals surface area contributed by atoms with Crippen LogP contribution < -0.4 is 0 Å². The summed E-state index contributed by atoms with van der Waals surface area (Å²) < 4.78 is 10.6. The molecule has 2 aliphatic rings. The summed E-state index contributed by atoms with van der Waals surface area (Å²) in [5.74, 6) is -1.61. The zero-order chi connectivity index (χ0) is 16.4. The zero-order valence-electron chi connectivity index (χ0n) is 13.2. The number of aliphatic hydroxyl groups excluding tert-OH is 1. The number of carbonyl (C=O) groups excluding carboxylic acids is 2. The molecule has 0 spiro atoms. The number of fused-ring (bicyclic) bond motifs is 1. The van der Waals surface area contributed by atoms with E-state index < -0.39 is 36.2 Å². The molecule has 0 bridgehead atoms. The number of carbonyl (C=O) groups is 2. The highest BCUT2D eigenvalue weighted by Gasteiger charge is 2.46. The van der Waals surface area contributed by atoms with E-state index in [0.717, 1.165) is 24.0 Å². The van der Waals surface area contributed by atoms with Crippen LogP contribution in [0.2, 0.25) is 0 Å². The quantitative estimate of drug-likeness (QED) is 0.456. The minimum absolute atomic E-state index is 0.215. The van der Waals surface area contributed by atoms with Crippen molar-refractivity contribution in [3.05, 3.63) is 35.5 Å². The molecule has 0 aromatic carbocycles. The molecule has 1 fully saturated rings. The molecule has 1 aliphatic heterocycles. The number of esters is 2. The van der Waals surface area contributed by atoms with Crippen molar-refractivity contribution in [2.75, 3.05) is 0 Å². The standard InChI is InChI=1S/C17H22O5/c1-9-6-5-7-10(2)16(21-12(4)18)15(19)14-11(3)17(20)22-13(14)8-9/h7-8,13-16,19H,3,5-6H2,1-2,4H3/b9-8+,10-7+/t13-,14+,15+,16-/m1/s1. The predicted molar refractivity (Wildman–Crippen MR) is 80.8 cm³/mol. The Labute approximate surface area is 130 Å². The van der Waals surface area contributed by atoms with Crippen LogP contribution in [0.3, 0.4) is 0 Å². The Morgan fingerprint density at radius 3 is 2.77 bits per heavy atom. The monoisotopic (exact) mass is 306 g/mol. The molecule has 1 saturated heterocycles. The first-order valence-electron chi connectivity index (χ1n) is 7.40. The van der Waals surface area contributed by atoms with E-state index in [0.29, 0.717) is 0 Å². The van der Waals surface area contributed by atoms with Gasteiger partial charge in [0.2, 0.25) is 0 Å². The third-order valence-electron chi connectivity index (χ3n) is 4.14. The molecule has 0 radical (unpaired) electrons. The van der Waals surface area contributed by atoms with Crippen molar-refractivity contribution >= 4 is 11.9 Å². The van der Waals surface area contributed by atoms with Crippen molar-refractivity contribution in [3.8, 4) is 0 Å². The molecule has 2 rings (SSSR count). The number of hydrogen-bond donors (Lipinski definition) is 1. The first kappa shape index (κ1) is 16.5. The Morgan fingerprint density at radius 1 is 1.45 bits per heavy atom. The van der Waals surface area contributed by atoms with Gasteiger partial charge in [0.05, 0.1) is 5.92 Å². The molecule has 4 atom stereocenters. The molecule has 5 nitrogen and oxygen atoms in total. The van der Waals surface area contributed by atoms with Gasteiger partial charge in [-0.05, 0) is 38.3 Å². The van der Waals surface area contributed by atoms with Crippen molar-refractivity contribution in [3.63, 3.8) is 0 Å². The number of ether oxygens (including phenoxy) is 2. The van der Waals surface area contributed by atoms with Crippen LogP contribution in [0.5, 0.6) is 0 Å². The predicted octanol–water partition coefficient (Wildman–Crippen LogP) is 2.06. The van der Waals surface area contributed by atoms with E-state index in [1.807, 2.05) is 26.0 Å². The Morgan fingerprint density at radius 2 is 2.14 bits per heavy atom. The minimum Gasteiger partial charge on any atom is -0.455 e. The van der Waals surface area contributed by atoms with Gasteiger partial charge in [-0.25, -0.2) is 4.79 Å². The van der Waals surface area contributed by atoms with E-state index in [4.69, 9.17) is 9.47 Å². The fraction of sp³-hybridized carbons (Fsp3) is 0.529. The first-order valence-corrected chi connectivity index (χ1v) is 7.40. The summed E-state index contributed by atoms with van der Waals surface area (Å²) in [6, 6.07) is 0. The fourth-order valence-electron chi connectivity index (χ4n) is 2.95. The molecule has 1 heterocycles. The van der Waals surface area contributed by atoms with E-state index in [2.05, 4.69) is 6.58 Å². The van der Waals surface area contributed by atoms with Crippen molar-refractivity contribution in [2.45, 2.75) is 51.9 Å². The minimum atomic E-state index is -1.08. The number of allylic oxidation sites excluding steroid dienone is 2. The fourth-order valence-corrected chi connectivity index (χ4v) is 2.95. The molecule has 0 amide bonds. The van der Waals surface area contributed by atoms with E-state index >= 15 is 0 Å². The van der Waals surface area contributed by atoms with E-state index in [9.17, 15) is 14.7 Å². The summed E-state index contributed by atoms with van der Waals surface area (Å²) in [5.41, 5.74) is 2.06. The third kappa shape index (κ3) is 3.30. The van der Waals surface area contributed by atoms with Crippen LogP contribution in [-0.4, -0.2) is 35.4 Å². The number of rotatable bonds is 1. The van der Waals surface area contributed by atoms with Gasteiger partial charge in [-0.3, -0.25) is 4.79 Å². The molecule has 22 heavy (non-hydrogen) atoms. The molecule has 0 unspecified atom stereocenters. The summed E-state index contributed by atoms with van der Waals surface area (Å²) >= 11 is 0. The summed E-state index contributed by atoms with van der Waals surface area (Å²) in [6.45, 7) is 8.81. The highest BCUT2D eigenvalue weighted by molar-refractivity contribution is 5.91. The van der Waals surface area contributed by atoms with Crippen molar-refractivity contribution in [1.29, 1.82) is 0 Å². The van der Waals surface area contributed by atoms with Gasteiger partial charge in [-0.2, -0.15) is 0 Å². The first-order chi connectivity index (χ1) is 10.3. The molecule has 0 saturated carbocycles. The average Bonchev–Trinajstić information content (AvgIpc) is 2.69. The van der Waals surface area contributed by atoms with E-state index in [1.165, 1.54) is 6.92 Å². The second kappa shape index (κ2) is 6.48. The van der Waals surface area contributed by atoms with Gasteiger partial charge in [-0.1, -0.05) is 18.2 Å². The maximum absolute atomic E-state index is 11.8. The Hall–Kier alpha value is -1.88. The number of aliphatic hydroxyl groups is 1. The van der Waals surface area contributed by atoms with Crippen LogP contribution in [0.4, 0.5) is 0 Å². The summed E-state index contributed by atoms with van der Waals surface area (Å²) in [4.78, 5) is 23.2. The lowest BCUT2D eigenvalue weighted by atomic mass is 9.84. The topological polar surface area (TPSA) is 72.8 Å². The molecule has 0 aromatic rings. The van der Waals surface area contributed by atoms with Gasteiger partial charge in [0.25, 0.3) is 0 Å². The van der Waals surface area contributed by atoms with Gasteiger partial charge in [0, 0.05) is 12.5 Å². The van der Waals surface area contributed by atoms with E-state index in [1.54, 1.807) is 0 Å². The van der Waals surface area contributed by atoms with Gasteiger partial charge in [0.1, 0.15) is 18.3 Å². The van der Waals surface area contributed by atoms with E-state index in [-0.39, 0.29) is 5.57 Å². The lowest BCUT2D eigenvalue weighted by Gasteiger charge is -2.30. The maximum Gasteiger partial charge on any atom is 0.334 e. The molecular weight excluding hydrogens is 284 g/mol. The van der Waals surface area contributed by atoms with Crippen LogP contribution in [0, 0.1) is 5.92 Å². The summed E-state index contributed by atoms with van der Waals surface area (Å²) in [6.07, 6.45) is 2.93. The molecular formula is C17H22O5. The molecule has 0 aromatic heterocycles. The zero-order valence-corrected chi connectivity index (χ0v) is 13.2. The second-order valence-electron chi connectivity index (χ2n) is 5.94. The molecule has 1 aliphatic carbocycles. The second-order valence-corrected chi connectivity index (χ2v) is 5.94. The van der Waals surface area contributed by atoms with Crippen molar-refractivity contribution in [2.24, 2.45) is 5.92 Å². The van der Waals surface area contributed by atoms with Crippen LogP contribution in [0.1, 0.15) is 33.6 Å². The molecule has 120 valence electrons. The van der Waals surface area contributed by atoms with Gasteiger partial charge >= 0.3 is 11.9 Å². The van der Waals surface area contributed by atoms with Crippen LogP contribution in [-0.2, 0) is 19.1 Å². The van der Waals surface area contributed by atoms with Crippen LogP contribution in [0.25, 0.3) is 0 Å². The SMILES string of the molecule is C=C1C(=O)O[C@@H]2/C=C(\C)CC/C=C(\C)[C@@H](OC(C)=O)[C@@H](O)[C@@H]12. The van der Waals surface area contributed by atoms with Gasteiger partial charge in [0.15, 0.2) is 0 Å². The highest BCUT2D eigenvalue weighted by atomic mass is 16.6. The smallest absolute Gasteiger partial charge is 0.334 e. The van der Waals surface area contributed by atoms with Gasteiger partial charge < -0.3 is 14.6 Å². The summed E-state index contributed by atoms with van der Waals surface area (Å²) in [7, 11) is 0. The largest absolute Gasteiger partial charge is 0.455 e. The van der Waals surface area contributed by atoms with Gasteiger partial charge in [-0.15, -0.1) is 0 Å². The normalized spacial score (nSPS) is 37.3. The maximum atomic E-state index is 11.8. The number of hydrogen-bond acceptors (Lipinski definition) is 5. The lowest BCUT2D eigenvalue weighted by molar-refractivity contribution is -0.152. The molecule has 1 N–H and O–H groups in total. The Bertz CT molecular complexity index is 557. The van der Waals surface area contributed by atoms with Crippen LogP contribution in [0.15, 0.2) is 35.5 Å². The summed E-state index contributed by atoms with van der Waals surface area (Å²) in [5, 5.41) is 10.7. The van der Waals surface area contributed by atoms with Crippen molar-refractivity contribution in [1.82, 2.24) is 0 Å². The average molecular weight is 306 g/mol. The van der Waals surface area contributed by atoms with Crippen LogP contribution >= 0.6 is 0 Å². The Kier molecular flexibility index (Phi) is 4.86. The lowest BCUT2D eigenvalue weighted by Crippen LogP contribution is -2.41. The van der Waals surface area contributed by atoms with Crippen molar-refractivity contribution < 1.29 is 24.2 Å².